The van der Waals surface area contributed by atoms with E-state index in [1.807, 2.05) is 15.9 Å². The minimum atomic E-state index is -3.59. The molecule has 0 aromatic heterocycles. The van der Waals surface area contributed by atoms with E-state index >= 15 is 0 Å². The SMILES string of the molecule is O=C(C1CCN(C2=NS(=O)(=O)c3ccccc32)CC1)N1CCCNCC1. The van der Waals surface area contributed by atoms with E-state index in [1.165, 1.54) is 0 Å². The van der Waals surface area contributed by atoms with Crippen LogP contribution in [0.3, 0.4) is 0 Å². The quantitative estimate of drug-likeness (QED) is 0.779. The van der Waals surface area contributed by atoms with Gasteiger partial charge in [0.25, 0.3) is 10.0 Å². The number of sulfonamides is 1. The fourth-order valence-electron chi connectivity index (χ4n) is 3.98. The molecule has 0 atom stereocenters. The summed E-state index contributed by atoms with van der Waals surface area (Å²) in [6.45, 7) is 4.74. The molecule has 1 N–H and O–H groups in total. The van der Waals surface area contributed by atoms with Crippen molar-refractivity contribution in [2.75, 3.05) is 39.3 Å². The fourth-order valence-corrected chi connectivity index (χ4v) is 5.21. The molecule has 0 aliphatic carbocycles. The zero-order valence-electron chi connectivity index (χ0n) is 14.7. The average Bonchev–Trinajstić information content (AvgIpc) is 2.84. The lowest BCUT2D eigenvalue weighted by atomic mass is 9.94. The molecule has 1 aromatic carbocycles. The molecule has 8 heteroatoms. The summed E-state index contributed by atoms with van der Waals surface area (Å²) in [5, 5.41) is 3.32. The number of carbonyl (C=O) groups is 1. The number of hydrogen-bond donors (Lipinski definition) is 1. The van der Waals surface area contributed by atoms with E-state index in [-0.39, 0.29) is 16.7 Å². The number of carbonyl (C=O) groups excluding carboxylic acids is 1. The van der Waals surface area contributed by atoms with E-state index in [0.29, 0.717) is 24.5 Å². The molecular formula is C18H24N4O3S. The smallest absolute Gasteiger partial charge is 0.285 e. The zero-order chi connectivity index (χ0) is 18.1. The van der Waals surface area contributed by atoms with Crippen LogP contribution in [-0.2, 0) is 14.8 Å². The lowest BCUT2D eigenvalue weighted by Gasteiger charge is -2.35. The second-order valence-corrected chi connectivity index (χ2v) is 8.65. The molecule has 3 aliphatic rings. The summed E-state index contributed by atoms with van der Waals surface area (Å²) >= 11 is 0. The van der Waals surface area contributed by atoms with Gasteiger partial charge in [0.2, 0.25) is 5.91 Å². The number of amidine groups is 1. The van der Waals surface area contributed by atoms with Gasteiger partial charge in [-0.25, -0.2) is 0 Å². The van der Waals surface area contributed by atoms with Crippen molar-refractivity contribution in [1.82, 2.24) is 15.1 Å². The van der Waals surface area contributed by atoms with Crippen molar-refractivity contribution < 1.29 is 13.2 Å². The summed E-state index contributed by atoms with van der Waals surface area (Å²) in [6, 6.07) is 6.96. The zero-order valence-corrected chi connectivity index (χ0v) is 15.5. The molecule has 26 heavy (non-hydrogen) atoms. The first kappa shape index (κ1) is 17.5. The lowest BCUT2D eigenvalue weighted by Crippen LogP contribution is -2.45. The van der Waals surface area contributed by atoms with Crippen molar-refractivity contribution in [3.8, 4) is 0 Å². The van der Waals surface area contributed by atoms with E-state index < -0.39 is 10.0 Å². The lowest BCUT2D eigenvalue weighted by molar-refractivity contribution is -0.136. The largest absolute Gasteiger partial charge is 0.355 e. The van der Waals surface area contributed by atoms with Gasteiger partial charge in [-0.05, 0) is 37.9 Å². The molecule has 0 radical (unpaired) electrons. The number of piperidine rings is 1. The molecule has 140 valence electrons. The number of amides is 1. The topological polar surface area (TPSA) is 82.1 Å². The van der Waals surface area contributed by atoms with E-state index in [0.717, 1.165) is 45.4 Å². The van der Waals surface area contributed by atoms with Crippen LogP contribution in [0.5, 0.6) is 0 Å². The Kier molecular flexibility index (Phi) is 4.71. The maximum absolute atomic E-state index is 12.8. The van der Waals surface area contributed by atoms with E-state index in [4.69, 9.17) is 0 Å². The molecule has 1 aromatic rings. The van der Waals surface area contributed by atoms with Gasteiger partial charge < -0.3 is 15.1 Å². The highest BCUT2D eigenvalue weighted by Gasteiger charge is 2.35. The summed E-state index contributed by atoms with van der Waals surface area (Å²) < 4.78 is 28.5. The van der Waals surface area contributed by atoms with Gasteiger partial charge in [0.1, 0.15) is 4.90 Å². The highest BCUT2D eigenvalue weighted by Crippen LogP contribution is 2.30. The number of benzene rings is 1. The summed E-state index contributed by atoms with van der Waals surface area (Å²) in [5.74, 6) is 0.804. The van der Waals surface area contributed by atoms with Crippen LogP contribution in [0.1, 0.15) is 24.8 Å². The molecule has 1 amide bonds. The van der Waals surface area contributed by atoms with Crippen molar-refractivity contribution in [3.63, 3.8) is 0 Å². The maximum atomic E-state index is 12.8. The van der Waals surface area contributed by atoms with E-state index in [1.54, 1.807) is 18.2 Å². The fraction of sp³-hybridized carbons (Fsp3) is 0.556. The first-order valence-electron chi connectivity index (χ1n) is 9.25. The van der Waals surface area contributed by atoms with Gasteiger partial charge in [0.15, 0.2) is 5.84 Å². The molecule has 2 fully saturated rings. The molecule has 3 aliphatic heterocycles. The second kappa shape index (κ2) is 7.00. The molecule has 2 saturated heterocycles. The number of fused-ring (bicyclic) bond motifs is 1. The van der Waals surface area contributed by atoms with E-state index in [9.17, 15) is 13.2 Å². The summed E-state index contributed by atoms with van der Waals surface area (Å²) in [6.07, 6.45) is 2.48. The third-order valence-electron chi connectivity index (χ3n) is 5.41. The molecule has 7 nitrogen and oxygen atoms in total. The summed E-state index contributed by atoms with van der Waals surface area (Å²) in [7, 11) is -3.59. The number of hydrogen-bond acceptors (Lipinski definition) is 5. The first-order valence-corrected chi connectivity index (χ1v) is 10.7. The summed E-state index contributed by atoms with van der Waals surface area (Å²) in [4.78, 5) is 17.1. The Hall–Kier alpha value is -1.93. The second-order valence-electron chi connectivity index (χ2n) is 7.08. The van der Waals surface area contributed by atoms with Crippen molar-refractivity contribution >= 4 is 21.8 Å². The minimum absolute atomic E-state index is 0.0261. The number of rotatable bonds is 1. The average molecular weight is 376 g/mol. The van der Waals surface area contributed by atoms with Crippen LogP contribution in [0.25, 0.3) is 0 Å². The van der Waals surface area contributed by atoms with Gasteiger partial charge in [0, 0.05) is 44.2 Å². The molecule has 0 unspecified atom stereocenters. The number of nitrogens with zero attached hydrogens (tertiary/aromatic N) is 3. The third kappa shape index (κ3) is 3.23. The van der Waals surface area contributed by atoms with Crippen LogP contribution in [0, 0.1) is 5.92 Å². The standard InChI is InChI=1S/C18H24N4O3S/c23-18(22-10-3-8-19-9-13-22)14-6-11-21(12-7-14)17-15-4-1-2-5-16(15)26(24,25)20-17/h1-2,4-5,14,19H,3,6-13H2. The van der Waals surface area contributed by atoms with Crippen molar-refractivity contribution in [2.45, 2.75) is 24.2 Å². The van der Waals surface area contributed by atoms with Crippen LogP contribution in [0.4, 0.5) is 0 Å². The number of nitrogens with one attached hydrogen (secondary N) is 1. The first-order chi connectivity index (χ1) is 12.6. The minimum Gasteiger partial charge on any atom is -0.355 e. The van der Waals surface area contributed by atoms with E-state index in [2.05, 4.69) is 9.71 Å². The Morgan fingerprint density at radius 3 is 2.65 bits per heavy atom. The Bertz CT molecular complexity index is 821. The van der Waals surface area contributed by atoms with Gasteiger partial charge >= 0.3 is 0 Å². The van der Waals surface area contributed by atoms with Crippen LogP contribution in [0.2, 0.25) is 0 Å². The molecular weight excluding hydrogens is 352 g/mol. The van der Waals surface area contributed by atoms with Crippen LogP contribution >= 0.6 is 0 Å². The van der Waals surface area contributed by atoms with Gasteiger partial charge in [-0.3, -0.25) is 4.79 Å². The molecule has 3 heterocycles. The highest BCUT2D eigenvalue weighted by atomic mass is 32.2. The van der Waals surface area contributed by atoms with Crippen LogP contribution in [0.15, 0.2) is 33.6 Å². The normalized spacial score (nSPS) is 23.3. The molecule has 0 bridgehead atoms. The van der Waals surface area contributed by atoms with Crippen LogP contribution in [-0.4, -0.2) is 69.2 Å². The Labute approximate surface area is 154 Å². The molecule has 4 rings (SSSR count). The van der Waals surface area contributed by atoms with Gasteiger partial charge in [0.05, 0.1) is 0 Å². The van der Waals surface area contributed by atoms with Crippen LogP contribution < -0.4 is 5.32 Å². The van der Waals surface area contributed by atoms with Crippen molar-refractivity contribution in [3.05, 3.63) is 29.8 Å². The van der Waals surface area contributed by atoms with Crippen molar-refractivity contribution in [1.29, 1.82) is 0 Å². The Morgan fingerprint density at radius 1 is 1.08 bits per heavy atom. The molecule has 0 spiro atoms. The van der Waals surface area contributed by atoms with Crippen molar-refractivity contribution in [2.24, 2.45) is 10.3 Å². The maximum Gasteiger partial charge on any atom is 0.285 e. The Balaban J connectivity index is 1.44. The van der Waals surface area contributed by atoms with Gasteiger partial charge in [-0.1, -0.05) is 12.1 Å². The molecule has 0 saturated carbocycles. The summed E-state index contributed by atoms with van der Waals surface area (Å²) in [5.41, 5.74) is 0.677. The van der Waals surface area contributed by atoms with Gasteiger partial charge in [-0.15, -0.1) is 4.40 Å². The predicted molar refractivity (Wildman–Crippen MR) is 98.5 cm³/mol. The number of likely N-dealkylation sites (tertiary alicyclic amines) is 1. The Morgan fingerprint density at radius 2 is 1.85 bits per heavy atom. The van der Waals surface area contributed by atoms with Gasteiger partial charge in [-0.2, -0.15) is 8.42 Å². The predicted octanol–water partition coefficient (Wildman–Crippen LogP) is 0.669. The highest BCUT2D eigenvalue weighted by molar-refractivity contribution is 7.90. The third-order valence-corrected chi connectivity index (χ3v) is 6.73. The monoisotopic (exact) mass is 376 g/mol.